The molecule has 0 heterocycles. The van der Waals surface area contributed by atoms with Crippen molar-refractivity contribution in [3.8, 4) is 0 Å². The van der Waals surface area contributed by atoms with E-state index in [1.54, 1.807) is 0 Å². The molecular weight excluding hydrogens is 232 g/mol. The molecule has 0 bridgehead atoms. The quantitative estimate of drug-likeness (QED) is 0.832. The van der Waals surface area contributed by atoms with E-state index in [4.69, 9.17) is 5.11 Å². The lowest BCUT2D eigenvalue weighted by atomic mass is 10.1. The van der Waals surface area contributed by atoms with E-state index in [0.29, 0.717) is 0 Å². The Balaban J connectivity index is 2.89. The minimum absolute atomic E-state index is 0.0915. The van der Waals surface area contributed by atoms with Crippen LogP contribution in [-0.2, 0) is 16.0 Å². The van der Waals surface area contributed by atoms with E-state index in [0.717, 1.165) is 25.1 Å². The highest BCUT2D eigenvalue weighted by Gasteiger charge is 2.20. The summed E-state index contributed by atoms with van der Waals surface area (Å²) in [4.78, 5) is 21.6. The standard InChI is InChI=1S/C11H11F2NO3/c1-6(15)14-10(11(16)17)5-7-4-8(12)2-3-9(7)13/h2-4,10H,5H2,1H3,(H,14,15)(H,16,17). The molecule has 0 aliphatic carbocycles. The molecule has 0 fully saturated rings. The van der Waals surface area contributed by atoms with Gasteiger partial charge >= 0.3 is 5.97 Å². The van der Waals surface area contributed by atoms with Gasteiger partial charge in [-0.2, -0.15) is 0 Å². The fourth-order valence-corrected chi connectivity index (χ4v) is 1.37. The number of hydrogen-bond donors (Lipinski definition) is 2. The van der Waals surface area contributed by atoms with Crippen LogP contribution in [0.15, 0.2) is 18.2 Å². The number of hydrogen-bond acceptors (Lipinski definition) is 2. The van der Waals surface area contributed by atoms with E-state index in [1.165, 1.54) is 0 Å². The molecule has 0 radical (unpaired) electrons. The third-order valence-electron chi connectivity index (χ3n) is 2.11. The SMILES string of the molecule is CC(=O)NC(Cc1cc(F)ccc1F)C(=O)O. The number of benzene rings is 1. The minimum Gasteiger partial charge on any atom is -0.480 e. The fourth-order valence-electron chi connectivity index (χ4n) is 1.37. The van der Waals surface area contributed by atoms with Crippen LogP contribution in [0.5, 0.6) is 0 Å². The van der Waals surface area contributed by atoms with Gasteiger partial charge in [0.25, 0.3) is 0 Å². The first kappa shape index (κ1) is 13.1. The van der Waals surface area contributed by atoms with Crippen molar-refractivity contribution in [3.05, 3.63) is 35.4 Å². The zero-order chi connectivity index (χ0) is 13.0. The Labute approximate surface area is 96.3 Å². The van der Waals surface area contributed by atoms with Crippen LogP contribution >= 0.6 is 0 Å². The number of rotatable bonds is 4. The molecule has 0 aliphatic rings. The van der Waals surface area contributed by atoms with Crippen molar-refractivity contribution < 1.29 is 23.5 Å². The number of carbonyl (C=O) groups excluding carboxylic acids is 1. The maximum absolute atomic E-state index is 13.3. The maximum atomic E-state index is 13.3. The Hall–Kier alpha value is -1.98. The van der Waals surface area contributed by atoms with Gasteiger partial charge in [-0.25, -0.2) is 13.6 Å². The van der Waals surface area contributed by atoms with Crippen molar-refractivity contribution in [2.75, 3.05) is 0 Å². The summed E-state index contributed by atoms with van der Waals surface area (Å²) in [5, 5.41) is 11.0. The largest absolute Gasteiger partial charge is 0.480 e. The molecule has 0 saturated carbocycles. The average Bonchev–Trinajstić information content (AvgIpc) is 2.21. The molecule has 17 heavy (non-hydrogen) atoms. The summed E-state index contributed by atoms with van der Waals surface area (Å²) in [6, 6.07) is 1.49. The van der Waals surface area contributed by atoms with Gasteiger partial charge in [0.1, 0.15) is 17.7 Å². The first-order chi connectivity index (χ1) is 7.90. The summed E-state index contributed by atoms with van der Waals surface area (Å²) in [6.07, 6.45) is -0.307. The summed E-state index contributed by atoms with van der Waals surface area (Å²) in [7, 11) is 0. The van der Waals surface area contributed by atoms with Gasteiger partial charge in [0, 0.05) is 13.3 Å². The first-order valence-electron chi connectivity index (χ1n) is 4.84. The molecular formula is C11H11F2NO3. The van der Waals surface area contributed by atoms with Crippen LogP contribution in [0.3, 0.4) is 0 Å². The van der Waals surface area contributed by atoms with Crippen molar-refractivity contribution in [2.45, 2.75) is 19.4 Å². The van der Waals surface area contributed by atoms with E-state index < -0.39 is 29.6 Å². The van der Waals surface area contributed by atoms with Gasteiger partial charge < -0.3 is 10.4 Å². The second-order valence-corrected chi connectivity index (χ2v) is 3.53. The molecule has 1 rings (SSSR count). The maximum Gasteiger partial charge on any atom is 0.326 e. The van der Waals surface area contributed by atoms with Crippen molar-refractivity contribution in [2.24, 2.45) is 0 Å². The smallest absolute Gasteiger partial charge is 0.326 e. The lowest BCUT2D eigenvalue weighted by Crippen LogP contribution is -2.41. The summed E-state index contributed by atoms with van der Waals surface area (Å²) in [5.74, 6) is -3.21. The van der Waals surface area contributed by atoms with Crippen LogP contribution in [0, 0.1) is 11.6 Å². The van der Waals surface area contributed by atoms with E-state index in [2.05, 4.69) is 5.32 Å². The van der Waals surface area contributed by atoms with E-state index in [-0.39, 0.29) is 12.0 Å². The van der Waals surface area contributed by atoms with Crippen LogP contribution in [0.2, 0.25) is 0 Å². The van der Waals surface area contributed by atoms with Gasteiger partial charge in [0.15, 0.2) is 0 Å². The topological polar surface area (TPSA) is 66.4 Å². The normalized spacial score (nSPS) is 11.9. The monoisotopic (exact) mass is 243 g/mol. The molecule has 1 aromatic carbocycles. The lowest BCUT2D eigenvalue weighted by molar-refractivity contribution is -0.141. The molecule has 92 valence electrons. The van der Waals surface area contributed by atoms with Gasteiger partial charge in [-0.05, 0) is 23.8 Å². The molecule has 1 atom stereocenters. The highest BCUT2D eigenvalue weighted by atomic mass is 19.1. The van der Waals surface area contributed by atoms with Gasteiger partial charge in [-0.1, -0.05) is 0 Å². The molecule has 4 nitrogen and oxygen atoms in total. The number of nitrogens with one attached hydrogen (secondary N) is 1. The Morgan fingerprint density at radius 3 is 2.59 bits per heavy atom. The van der Waals surface area contributed by atoms with Crippen molar-refractivity contribution >= 4 is 11.9 Å². The zero-order valence-electron chi connectivity index (χ0n) is 9.04. The Morgan fingerprint density at radius 2 is 2.06 bits per heavy atom. The number of amides is 1. The Kier molecular flexibility index (Phi) is 4.14. The predicted octanol–water partition coefficient (Wildman–Crippen LogP) is 1.10. The van der Waals surface area contributed by atoms with Crippen LogP contribution in [0.25, 0.3) is 0 Å². The molecule has 0 spiro atoms. The highest BCUT2D eigenvalue weighted by molar-refractivity contribution is 5.82. The van der Waals surface area contributed by atoms with Crippen molar-refractivity contribution in [1.82, 2.24) is 5.32 Å². The highest BCUT2D eigenvalue weighted by Crippen LogP contribution is 2.12. The summed E-state index contributed by atoms with van der Waals surface area (Å²) in [5.41, 5.74) is -0.0915. The van der Waals surface area contributed by atoms with Gasteiger partial charge in [-0.3, -0.25) is 4.79 Å². The molecule has 1 unspecified atom stereocenters. The van der Waals surface area contributed by atoms with Crippen LogP contribution in [0.4, 0.5) is 8.78 Å². The summed E-state index contributed by atoms with van der Waals surface area (Å²) < 4.78 is 26.1. The number of halogens is 2. The third-order valence-corrected chi connectivity index (χ3v) is 2.11. The van der Waals surface area contributed by atoms with Crippen LogP contribution < -0.4 is 5.32 Å². The van der Waals surface area contributed by atoms with E-state index >= 15 is 0 Å². The molecule has 1 amide bonds. The predicted molar refractivity (Wildman–Crippen MR) is 55.3 cm³/mol. The van der Waals surface area contributed by atoms with Crippen molar-refractivity contribution in [3.63, 3.8) is 0 Å². The van der Waals surface area contributed by atoms with Crippen molar-refractivity contribution in [1.29, 1.82) is 0 Å². The third kappa shape index (κ3) is 3.82. The molecule has 1 aromatic rings. The molecule has 6 heteroatoms. The zero-order valence-corrected chi connectivity index (χ0v) is 9.04. The van der Waals surface area contributed by atoms with Gasteiger partial charge in [0.05, 0.1) is 0 Å². The minimum atomic E-state index is -1.30. The number of carbonyl (C=O) groups is 2. The second-order valence-electron chi connectivity index (χ2n) is 3.53. The molecule has 2 N–H and O–H groups in total. The lowest BCUT2D eigenvalue weighted by Gasteiger charge is -2.13. The average molecular weight is 243 g/mol. The summed E-state index contributed by atoms with van der Waals surface area (Å²) in [6.45, 7) is 1.15. The second kappa shape index (κ2) is 5.38. The first-order valence-corrected chi connectivity index (χ1v) is 4.84. The summed E-state index contributed by atoms with van der Waals surface area (Å²) >= 11 is 0. The number of carboxylic acid groups (broad SMARTS) is 1. The van der Waals surface area contributed by atoms with Gasteiger partial charge in [0.2, 0.25) is 5.91 Å². The molecule has 0 aromatic heterocycles. The molecule has 0 aliphatic heterocycles. The Bertz CT molecular complexity index is 448. The van der Waals surface area contributed by atoms with E-state index in [1.807, 2.05) is 0 Å². The Morgan fingerprint density at radius 1 is 1.41 bits per heavy atom. The van der Waals surface area contributed by atoms with E-state index in [9.17, 15) is 18.4 Å². The fraction of sp³-hybridized carbons (Fsp3) is 0.273. The number of aliphatic carboxylic acids is 1. The van der Waals surface area contributed by atoms with Crippen LogP contribution in [0.1, 0.15) is 12.5 Å². The molecule has 0 saturated heterocycles. The van der Waals surface area contributed by atoms with Crippen LogP contribution in [-0.4, -0.2) is 23.0 Å². The van der Waals surface area contributed by atoms with Gasteiger partial charge in [-0.15, -0.1) is 0 Å². The number of carboxylic acids is 1.